The van der Waals surface area contributed by atoms with Gasteiger partial charge in [0.05, 0.1) is 6.54 Å². The summed E-state index contributed by atoms with van der Waals surface area (Å²) in [4.78, 5) is 25.8. The number of benzene rings is 1. The molecule has 0 radical (unpaired) electrons. The highest BCUT2D eigenvalue weighted by molar-refractivity contribution is 7.99. The van der Waals surface area contributed by atoms with Crippen molar-refractivity contribution in [3.8, 4) is 0 Å². The number of carbonyl (C=O) groups is 2. The van der Waals surface area contributed by atoms with Gasteiger partial charge in [-0.05, 0) is 24.6 Å². The quantitative estimate of drug-likeness (QED) is 0.874. The summed E-state index contributed by atoms with van der Waals surface area (Å²) in [5.41, 5.74) is 7.38. The third kappa shape index (κ3) is 3.32. The minimum Gasteiger partial charge on any atom is -0.337 e. The fourth-order valence-electron chi connectivity index (χ4n) is 2.14. The number of hydrogen-bond acceptors (Lipinski definition) is 4. The third-order valence-corrected chi connectivity index (χ3v) is 4.26. The molecular formula is C14H19N3O2S. The first-order valence-electron chi connectivity index (χ1n) is 6.60. The van der Waals surface area contributed by atoms with E-state index in [1.807, 2.05) is 23.6 Å². The van der Waals surface area contributed by atoms with Crippen LogP contribution in [0.25, 0.3) is 0 Å². The van der Waals surface area contributed by atoms with E-state index in [0.717, 1.165) is 30.2 Å². The number of amides is 2. The van der Waals surface area contributed by atoms with E-state index in [0.29, 0.717) is 11.3 Å². The van der Waals surface area contributed by atoms with Gasteiger partial charge in [0.15, 0.2) is 0 Å². The lowest BCUT2D eigenvalue weighted by molar-refractivity contribution is -0.114. The molecule has 1 saturated heterocycles. The second-order valence-corrected chi connectivity index (χ2v) is 5.86. The Morgan fingerprint density at radius 2 is 2.05 bits per heavy atom. The fraction of sp³-hybridized carbons (Fsp3) is 0.429. The van der Waals surface area contributed by atoms with E-state index in [2.05, 4.69) is 5.32 Å². The largest absolute Gasteiger partial charge is 0.337 e. The molecule has 20 heavy (non-hydrogen) atoms. The van der Waals surface area contributed by atoms with Gasteiger partial charge in [0.1, 0.15) is 0 Å². The summed E-state index contributed by atoms with van der Waals surface area (Å²) in [5.74, 6) is 1.74. The van der Waals surface area contributed by atoms with Crippen molar-refractivity contribution in [1.82, 2.24) is 4.90 Å². The molecule has 3 N–H and O–H groups in total. The lowest BCUT2D eigenvalue weighted by Gasteiger charge is -2.27. The number of nitrogens with two attached hydrogens (primary N) is 1. The molecule has 0 unspecified atom stereocenters. The van der Waals surface area contributed by atoms with Crippen LogP contribution < -0.4 is 11.1 Å². The molecule has 6 heteroatoms. The van der Waals surface area contributed by atoms with E-state index >= 15 is 0 Å². The predicted octanol–water partition coefficient (Wildman–Crippen LogP) is 1.08. The van der Waals surface area contributed by atoms with Gasteiger partial charge in [-0.25, -0.2) is 0 Å². The van der Waals surface area contributed by atoms with Crippen LogP contribution in [0.5, 0.6) is 0 Å². The molecule has 1 aliphatic heterocycles. The van der Waals surface area contributed by atoms with Crippen LogP contribution in [0, 0.1) is 6.92 Å². The maximum absolute atomic E-state index is 12.5. The van der Waals surface area contributed by atoms with Gasteiger partial charge in [0.2, 0.25) is 5.91 Å². The molecule has 0 atom stereocenters. The monoisotopic (exact) mass is 293 g/mol. The molecule has 1 fully saturated rings. The Morgan fingerprint density at radius 1 is 1.35 bits per heavy atom. The summed E-state index contributed by atoms with van der Waals surface area (Å²) in [7, 11) is 0. The maximum atomic E-state index is 12.5. The summed E-state index contributed by atoms with van der Waals surface area (Å²) >= 11 is 1.87. The van der Waals surface area contributed by atoms with Gasteiger partial charge in [-0.1, -0.05) is 6.07 Å². The first-order chi connectivity index (χ1) is 9.63. The maximum Gasteiger partial charge on any atom is 0.254 e. The number of nitrogens with one attached hydrogen (secondary N) is 1. The average Bonchev–Trinajstić information content (AvgIpc) is 2.49. The molecule has 108 valence electrons. The van der Waals surface area contributed by atoms with Gasteiger partial charge >= 0.3 is 0 Å². The highest BCUT2D eigenvalue weighted by Crippen LogP contribution is 2.21. The zero-order valence-electron chi connectivity index (χ0n) is 11.5. The molecule has 0 saturated carbocycles. The highest BCUT2D eigenvalue weighted by Gasteiger charge is 2.20. The van der Waals surface area contributed by atoms with Crippen LogP contribution in [0.2, 0.25) is 0 Å². The predicted molar refractivity (Wildman–Crippen MR) is 82.1 cm³/mol. The summed E-state index contributed by atoms with van der Waals surface area (Å²) in [5, 5.41) is 2.72. The van der Waals surface area contributed by atoms with Crippen molar-refractivity contribution < 1.29 is 9.59 Å². The average molecular weight is 293 g/mol. The number of anilines is 1. The fourth-order valence-corrected chi connectivity index (χ4v) is 3.04. The van der Waals surface area contributed by atoms with E-state index in [-0.39, 0.29) is 18.4 Å². The Labute approximate surface area is 122 Å². The van der Waals surface area contributed by atoms with E-state index < -0.39 is 0 Å². The van der Waals surface area contributed by atoms with E-state index in [9.17, 15) is 9.59 Å². The van der Waals surface area contributed by atoms with Crippen molar-refractivity contribution in [2.45, 2.75) is 6.92 Å². The molecule has 1 heterocycles. The van der Waals surface area contributed by atoms with Gasteiger partial charge in [-0.15, -0.1) is 0 Å². The van der Waals surface area contributed by atoms with Crippen molar-refractivity contribution >= 4 is 29.3 Å². The Balaban J connectivity index is 2.21. The zero-order chi connectivity index (χ0) is 14.5. The van der Waals surface area contributed by atoms with Gasteiger partial charge in [-0.2, -0.15) is 11.8 Å². The molecule has 2 amide bonds. The normalized spacial score (nSPS) is 15.0. The first kappa shape index (κ1) is 14.9. The van der Waals surface area contributed by atoms with E-state index in [4.69, 9.17) is 5.73 Å². The van der Waals surface area contributed by atoms with Crippen molar-refractivity contribution in [2.24, 2.45) is 5.73 Å². The smallest absolute Gasteiger partial charge is 0.254 e. The molecule has 0 bridgehead atoms. The standard InChI is InChI=1S/C14H19N3O2S/c1-10-11(14(19)17-5-7-20-8-6-17)3-2-4-12(10)16-13(18)9-15/h2-4H,5-9,15H2,1H3,(H,16,18). The van der Waals surface area contributed by atoms with Crippen LogP contribution in [-0.4, -0.2) is 47.9 Å². The SMILES string of the molecule is Cc1c(NC(=O)CN)cccc1C(=O)N1CCSCC1. The van der Waals surface area contributed by atoms with Crippen molar-refractivity contribution in [1.29, 1.82) is 0 Å². The second kappa shape index (κ2) is 6.76. The van der Waals surface area contributed by atoms with Crippen LogP contribution in [0.15, 0.2) is 18.2 Å². The van der Waals surface area contributed by atoms with E-state index in [1.165, 1.54) is 0 Å². The van der Waals surface area contributed by atoms with Gasteiger partial charge in [-0.3, -0.25) is 9.59 Å². The topological polar surface area (TPSA) is 75.4 Å². The lowest BCUT2D eigenvalue weighted by Crippen LogP contribution is -2.38. The lowest BCUT2D eigenvalue weighted by atomic mass is 10.1. The van der Waals surface area contributed by atoms with Crippen LogP contribution in [0.3, 0.4) is 0 Å². The number of thioether (sulfide) groups is 1. The molecule has 0 aromatic heterocycles. The molecule has 1 aromatic carbocycles. The first-order valence-corrected chi connectivity index (χ1v) is 7.75. The minimum absolute atomic E-state index is 0.0339. The Hall–Kier alpha value is -1.53. The minimum atomic E-state index is -0.257. The van der Waals surface area contributed by atoms with Crippen molar-refractivity contribution in [3.05, 3.63) is 29.3 Å². The molecule has 0 spiro atoms. The zero-order valence-corrected chi connectivity index (χ0v) is 12.3. The van der Waals surface area contributed by atoms with Gasteiger partial charge in [0.25, 0.3) is 5.91 Å². The Morgan fingerprint density at radius 3 is 2.70 bits per heavy atom. The summed E-state index contributed by atoms with van der Waals surface area (Å²) in [6, 6.07) is 5.37. The van der Waals surface area contributed by atoms with Crippen molar-refractivity contribution in [3.63, 3.8) is 0 Å². The summed E-state index contributed by atoms with van der Waals surface area (Å²) in [6.45, 7) is 3.34. The molecule has 1 aliphatic rings. The second-order valence-electron chi connectivity index (χ2n) is 4.64. The molecule has 2 rings (SSSR count). The van der Waals surface area contributed by atoms with Crippen LogP contribution in [0.1, 0.15) is 15.9 Å². The number of nitrogens with zero attached hydrogens (tertiary/aromatic N) is 1. The third-order valence-electron chi connectivity index (χ3n) is 3.32. The number of hydrogen-bond donors (Lipinski definition) is 2. The Bertz CT molecular complexity index is 513. The number of rotatable bonds is 3. The Kier molecular flexibility index (Phi) is 5.03. The van der Waals surface area contributed by atoms with Crippen LogP contribution >= 0.6 is 11.8 Å². The summed E-state index contributed by atoms with van der Waals surface area (Å²) in [6.07, 6.45) is 0. The number of carbonyl (C=O) groups excluding carboxylic acids is 2. The summed E-state index contributed by atoms with van der Waals surface area (Å²) < 4.78 is 0. The van der Waals surface area contributed by atoms with Crippen molar-refractivity contribution in [2.75, 3.05) is 36.5 Å². The van der Waals surface area contributed by atoms with Crippen LogP contribution in [-0.2, 0) is 4.79 Å². The molecule has 5 nitrogen and oxygen atoms in total. The molecule has 1 aromatic rings. The van der Waals surface area contributed by atoms with Gasteiger partial charge in [0, 0.05) is 35.8 Å². The van der Waals surface area contributed by atoms with Crippen LogP contribution in [0.4, 0.5) is 5.69 Å². The highest BCUT2D eigenvalue weighted by atomic mass is 32.2. The molecular weight excluding hydrogens is 274 g/mol. The molecule has 0 aliphatic carbocycles. The van der Waals surface area contributed by atoms with Gasteiger partial charge < -0.3 is 16.0 Å². The van der Waals surface area contributed by atoms with E-state index in [1.54, 1.807) is 18.2 Å².